The van der Waals surface area contributed by atoms with E-state index < -0.39 is 0 Å². The Labute approximate surface area is 79.8 Å². The van der Waals surface area contributed by atoms with Crippen molar-refractivity contribution in [2.45, 2.75) is 0 Å². The molecule has 2 aromatic rings. The van der Waals surface area contributed by atoms with Crippen LogP contribution in [0.2, 0.25) is 0 Å². The molecule has 14 heavy (non-hydrogen) atoms. The van der Waals surface area contributed by atoms with E-state index >= 15 is 0 Å². The molecule has 0 saturated carbocycles. The molecule has 1 aromatic carbocycles. The third kappa shape index (κ3) is 1.21. The van der Waals surface area contributed by atoms with Crippen molar-refractivity contribution in [3.63, 3.8) is 0 Å². The van der Waals surface area contributed by atoms with Crippen molar-refractivity contribution in [2.75, 3.05) is 7.11 Å². The van der Waals surface area contributed by atoms with Gasteiger partial charge < -0.3 is 14.8 Å². The highest BCUT2D eigenvalue weighted by molar-refractivity contribution is 5.89. The first-order valence-electron chi connectivity index (χ1n) is 4.11. The number of ether oxygens (including phenoxy) is 1. The smallest absolute Gasteiger partial charge is 0.248 e. The Bertz CT molecular complexity index is 530. The largest absolute Gasteiger partial charge is 0.506 e. The molecule has 0 spiro atoms. The van der Waals surface area contributed by atoms with Crippen molar-refractivity contribution in [3.8, 4) is 11.5 Å². The van der Waals surface area contributed by atoms with Crippen LogP contribution in [0, 0.1) is 0 Å². The fraction of sp³-hybridized carbons (Fsp3) is 0.100. The zero-order chi connectivity index (χ0) is 10.1. The summed E-state index contributed by atoms with van der Waals surface area (Å²) in [7, 11) is 1.54. The zero-order valence-corrected chi connectivity index (χ0v) is 7.57. The van der Waals surface area contributed by atoms with Crippen LogP contribution in [0.4, 0.5) is 0 Å². The van der Waals surface area contributed by atoms with E-state index in [0.29, 0.717) is 16.7 Å². The lowest BCUT2D eigenvalue weighted by Crippen LogP contribution is -2.02. The Kier molecular flexibility index (Phi) is 1.89. The summed E-state index contributed by atoms with van der Waals surface area (Å²) in [6.07, 6.45) is 0. The van der Waals surface area contributed by atoms with Gasteiger partial charge in [0.2, 0.25) is 5.56 Å². The monoisotopic (exact) mass is 191 g/mol. The second kappa shape index (κ2) is 3.06. The molecule has 0 amide bonds. The van der Waals surface area contributed by atoms with Crippen LogP contribution >= 0.6 is 0 Å². The number of aromatic amines is 1. The molecule has 0 fully saturated rings. The summed E-state index contributed by atoms with van der Waals surface area (Å²) in [4.78, 5) is 13.6. The van der Waals surface area contributed by atoms with E-state index in [1.165, 1.54) is 19.2 Å². The van der Waals surface area contributed by atoms with Crippen LogP contribution < -0.4 is 10.3 Å². The van der Waals surface area contributed by atoms with Crippen molar-refractivity contribution in [2.24, 2.45) is 0 Å². The number of phenols is 1. The van der Waals surface area contributed by atoms with Gasteiger partial charge in [-0.15, -0.1) is 0 Å². The molecular weight excluding hydrogens is 182 g/mol. The molecule has 1 heterocycles. The molecule has 0 saturated heterocycles. The minimum Gasteiger partial charge on any atom is -0.506 e. The summed E-state index contributed by atoms with van der Waals surface area (Å²) >= 11 is 0. The third-order valence-corrected chi connectivity index (χ3v) is 2.05. The molecule has 0 aliphatic carbocycles. The first-order valence-corrected chi connectivity index (χ1v) is 4.11. The molecule has 72 valence electrons. The van der Waals surface area contributed by atoms with Gasteiger partial charge in [-0.1, -0.05) is 0 Å². The summed E-state index contributed by atoms with van der Waals surface area (Å²) in [5.74, 6) is 0.660. The van der Waals surface area contributed by atoms with E-state index in [1.807, 2.05) is 0 Å². The fourth-order valence-electron chi connectivity index (χ4n) is 1.39. The van der Waals surface area contributed by atoms with Gasteiger partial charge in [-0.3, -0.25) is 4.79 Å². The van der Waals surface area contributed by atoms with Crippen molar-refractivity contribution in [1.82, 2.24) is 4.98 Å². The number of aromatic nitrogens is 1. The average Bonchev–Trinajstić information content (AvgIpc) is 2.19. The Morgan fingerprint density at radius 2 is 2.07 bits per heavy atom. The summed E-state index contributed by atoms with van der Waals surface area (Å²) in [6, 6.07) is 6.14. The maximum Gasteiger partial charge on any atom is 0.248 e. The normalized spacial score (nSPS) is 10.4. The molecule has 4 heteroatoms. The first-order chi connectivity index (χ1) is 6.72. The molecule has 2 rings (SSSR count). The van der Waals surface area contributed by atoms with E-state index in [2.05, 4.69) is 4.98 Å². The number of phenolic OH excluding ortho intramolecular Hbond substituents is 1. The lowest BCUT2D eigenvalue weighted by molar-refractivity contribution is 0.418. The predicted octanol–water partition coefficient (Wildman–Crippen LogP) is 1.24. The Hall–Kier alpha value is -1.97. The number of aromatic hydroxyl groups is 1. The Morgan fingerprint density at radius 1 is 1.29 bits per heavy atom. The molecule has 0 atom stereocenters. The van der Waals surface area contributed by atoms with E-state index in [1.54, 1.807) is 12.1 Å². The summed E-state index contributed by atoms with van der Waals surface area (Å²) in [5, 5.41) is 10.2. The van der Waals surface area contributed by atoms with Gasteiger partial charge >= 0.3 is 0 Å². The number of nitrogens with one attached hydrogen (secondary N) is 1. The molecule has 0 bridgehead atoms. The van der Waals surface area contributed by atoms with Gasteiger partial charge in [0.15, 0.2) is 0 Å². The van der Waals surface area contributed by atoms with Crippen LogP contribution in [0.25, 0.3) is 10.9 Å². The number of rotatable bonds is 1. The number of fused-ring (bicyclic) bond motifs is 1. The number of hydrogen-bond donors (Lipinski definition) is 2. The molecule has 0 aliphatic heterocycles. The van der Waals surface area contributed by atoms with E-state index in [-0.39, 0.29) is 11.3 Å². The summed E-state index contributed by atoms with van der Waals surface area (Å²) in [5.41, 5.74) is 0.151. The van der Waals surface area contributed by atoms with Crippen LogP contribution in [0.1, 0.15) is 0 Å². The molecular formula is C10H9NO3. The molecule has 0 radical (unpaired) electrons. The average molecular weight is 191 g/mol. The molecule has 1 aromatic heterocycles. The van der Waals surface area contributed by atoms with Gasteiger partial charge in [-0.25, -0.2) is 0 Å². The van der Waals surface area contributed by atoms with Gasteiger partial charge in [0, 0.05) is 11.5 Å². The van der Waals surface area contributed by atoms with E-state index in [4.69, 9.17) is 4.74 Å². The van der Waals surface area contributed by atoms with Crippen molar-refractivity contribution in [1.29, 1.82) is 0 Å². The van der Waals surface area contributed by atoms with Crippen LogP contribution in [0.5, 0.6) is 11.5 Å². The second-order valence-electron chi connectivity index (χ2n) is 2.90. The highest BCUT2D eigenvalue weighted by Crippen LogP contribution is 2.29. The molecule has 4 nitrogen and oxygen atoms in total. The van der Waals surface area contributed by atoms with Gasteiger partial charge in [0.25, 0.3) is 0 Å². The van der Waals surface area contributed by atoms with Gasteiger partial charge in [-0.05, 0) is 18.2 Å². The summed E-state index contributed by atoms with van der Waals surface area (Å²) in [6.45, 7) is 0. The lowest BCUT2D eigenvalue weighted by atomic mass is 10.2. The molecule has 2 N–H and O–H groups in total. The highest BCUT2D eigenvalue weighted by atomic mass is 16.5. The van der Waals surface area contributed by atoms with Gasteiger partial charge in [0.05, 0.1) is 12.6 Å². The minimum absolute atomic E-state index is 0.0403. The van der Waals surface area contributed by atoms with Gasteiger partial charge in [0.1, 0.15) is 11.5 Å². The van der Waals surface area contributed by atoms with Crippen LogP contribution in [0.3, 0.4) is 0 Å². The van der Waals surface area contributed by atoms with Crippen molar-refractivity contribution >= 4 is 10.9 Å². The predicted molar refractivity (Wildman–Crippen MR) is 52.8 cm³/mol. The number of pyridine rings is 1. The third-order valence-electron chi connectivity index (χ3n) is 2.05. The molecule has 0 unspecified atom stereocenters. The first kappa shape index (κ1) is 8.62. The van der Waals surface area contributed by atoms with E-state index in [0.717, 1.165) is 0 Å². The maximum atomic E-state index is 11.0. The van der Waals surface area contributed by atoms with Crippen molar-refractivity contribution in [3.05, 3.63) is 34.6 Å². The highest BCUT2D eigenvalue weighted by Gasteiger charge is 2.05. The molecule has 0 aliphatic rings. The lowest BCUT2D eigenvalue weighted by Gasteiger charge is -2.05. The minimum atomic E-state index is -0.249. The van der Waals surface area contributed by atoms with E-state index in [9.17, 15) is 9.90 Å². The number of hydrogen-bond acceptors (Lipinski definition) is 3. The van der Waals surface area contributed by atoms with Crippen LogP contribution in [0.15, 0.2) is 29.1 Å². The van der Waals surface area contributed by atoms with Crippen molar-refractivity contribution < 1.29 is 9.84 Å². The number of H-pyrrole nitrogens is 1. The SMILES string of the molecule is COc1ccc(O)c2[nH]c(=O)ccc12. The quantitative estimate of drug-likeness (QED) is 0.712. The Balaban J connectivity index is 2.91. The second-order valence-corrected chi connectivity index (χ2v) is 2.90. The van der Waals surface area contributed by atoms with Crippen LogP contribution in [-0.2, 0) is 0 Å². The zero-order valence-electron chi connectivity index (χ0n) is 7.57. The van der Waals surface area contributed by atoms with Crippen LogP contribution in [-0.4, -0.2) is 17.2 Å². The standard InChI is InChI=1S/C10H9NO3/c1-14-8-4-3-7(12)10-6(8)2-5-9(13)11-10/h2-5,12H,1H3,(H,11,13). The fourth-order valence-corrected chi connectivity index (χ4v) is 1.39. The topological polar surface area (TPSA) is 62.3 Å². The number of benzene rings is 1. The number of methoxy groups -OCH3 is 1. The van der Waals surface area contributed by atoms with Gasteiger partial charge in [-0.2, -0.15) is 0 Å². The Morgan fingerprint density at radius 3 is 2.79 bits per heavy atom. The maximum absolute atomic E-state index is 11.0. The summed E-state index contributed by atoms with van der Waals surface area (Å²) < 4.78 is 5.09.